The maximum Gasteiger partial charge on any atom is 0.314 e. The summed E-state index contributed by atoms with van der Waals surface area (Å²) in [5.41, 5.74) is 5.73. The van der Waals surface area contributed by atoms with E-state index >= 15 is 0 Å². The number of nitrogens with two attached hydrogens (primary N) is 1. The van der Waals surface area contributed by atoms with E-state index in [1.54, 1.807) is 6.92 Å². The number of hydrogen-bond acceptors (Lipinski definition) is 5. The lowest BCUT2D eigenvalue weighted by Gasteiger charge is -2.09. The smallest absolute Gasteiger partial charge is 0.314 e. The van der Waals surface area contributed by atoms with Gasteiger partial charge in [-0.25, -0.2) is 0 Å². The van der Waals surface area contributed by atoms with Crippen molar-refractivity contribution in [3.8, 4) is 11.5 Å². The Bertz CT molecular complexity index is 390. The lowest BCUT2D eigenvalue weighted by molar-refractivity contribution is -0.386. The molecule has 82 valence electrons. The number of nitro groups is 1. The molecule has 1 aromatic rings. The molecule has 0 radical (unpaired) electrons. The zero-order chi connectivity index (χ0) is 11.6. The lowest BCUT2D eigenvalue weighted by Crippen LogP contribution is -2.06. The summed E-state index contributed by atoms with van der Waals surface area (Å²) in [6.07, 6.45) is 0. The van der Waals surface area contributed by atoms with Gasteiger partial charge in [0.05, 0.1) is 12.0 Å². The molecule has 3 N–H and O–H groups in total. The fourth-order valence-electron chi connectivity index (χ4n) is 1.17. The van der Waals surface area contributed by atoms with Gasteiger partial charge in [-0.3, -0.25) is 10.1 Å². The summed E-state index contributed by atoms with van der Waals surface area (Å²) in [5, 5.41) is 20.1. The number of nitro benzene ring substituents is 1. The minimum absolute atomic E-state index is 0.0523. The Balaban J connectivity index is 3.38. The van der Waals surface area contributed by atoms with Crippen molar-refractivity contribution in [2.75, 3.05) is 7.11 Å². The highest BCUT2D eigenvalue weighted by Crippen LogP contribution is 2.37. The Morgan fingerprint density at radius 1 is 1.60 bits per heavy atom. The molecule has 6 nitrogen and oxygen atoms in total. The minimum atomic E-state index is -0.677. The zero-order valence-electron chi connectivity index (χ0n) is 8.43. The SMILES string of the molecule is COc1cc([C@H](C)N)cc([N+](=O)[O-])c1O. The molecule has 0 aliphatic carbocycles. The largest absolute Gasteiger partial charge is 0.500 e. The van der Waals surface area contributed by atoms with Gasteiger partial charge in [0, 0.05) is 12.1 Å². The van der Waals surface area contributed by atoms with Gasteiger partial charge in [0.25, 0.3) is 0 Å². The molecular formula is C9H12N2O4. The van der Waals surface area contributed by atoms with Crippen molar-refractivity contribution in [3.05, 3.63) is 27.8 Å². The Morgan fingerprint density at radius 3 is 2.60 bits per heavy atom. The van der Waals surface area contributed by atoms with Crippen LogP contribution in [0.15, 0.2) is 12.1 Å². The van der Waals surface area contributed by atoms with E-state index in [-0.39, 0.29) is 11.8 Å². The molecule has 0 aliphatic rings. The maximum absolute atomic E-state index is 10.6. The second-order valence-corrected chi connectivity index (χ2v) is 3.14. The second-order valence-electron chi connectivity index (χ2n) is 3.14. The Kier molecular flexibility index (Phi) is 3.11. The number of aromatic hydroxyl groups is 1. The fraction of sp³-hybridized carbons (Fsp3) is 0.333. The van der Waals surface area contributed by atoms with E-state index in [1.807, 2.05) is 0 Å². The van der Waals surface area contributed by atoms with Crippen LogP contribution in [0.3, 0.4) is 0 Å². The highest BCUT2D eigenvalue weighted by molar-refractivity contribution is 5.57. The molecule has 0 heterocycles. The van der Waals surface area contributed by atoms with Gasteiger partial charge in [-0.1, -0.05) is 0 Å². The molecule has 0 saturated carbocycles. The summed E-state index contributed by atoms with van der Waals surface area (Å²) < 4.78 is 4.82. The molecule has 1 atom stereocenters. The van der Waals surface area contributed by atoms with E-state index in [0.29, 0.717) is 5.56 Å². The molecule has 1 aromatic carbocycles. The van der Waals surface area contributed by atoms with Crippen molar-refractivity contribution < 1.29 is 14.8 Å². The molecule has 0 fully saturated rings. The van der Waals surface area contributed by atoms with Gasteiger partial charge >= 0.3 is 5.69 Å². The first kappa shape index (κ1) is 11.3. The Labute approximate surface area is 86.4 Å². The maximum atomic E-state index is 10.6. The molecule has 0 amide bonds. The summed E-state index contributed by atoms with van der Waals surface area (Å²) in [5.74, 6) is -0.427. The molecule has 0 saturated heterocycles. The lowest BCUT2D eigenvalue weighted by atomic mass is 10.1. The van der Waals surface area contributed by atoms with Crippen molar-refractivity contribution >= 4 is 5.69 Å². The molecule has 15 heavy (non-hydrogen) atoms. The molecule has 0 aromatic heterocycles. The van der Waals surface area contributed by atoms with Crippen molar-refractivity contribution in [1.82, 2.24) is 0 Å². The zero-order valence-corrected chi connectivity index (χ0v) is 8.43. The Morgan fingerprint density at radius 2 is 2.20 bits per heavy atom. The monoisotopic (exact) mass is 212 g/mol. The third-order valence-corrected chi connectivity index (χ3v) is 2.02. The van der Waals surface area contributed by atoms with Gasteiger partial charge in [-0.2, -0.15) is 0 Å². The van der Waals surface area contributed by atoms with Crippen LogP contribution < -0.4 is 10.5 Å². The molecule has 0 bridgehead atoms. The summed E-state index contributed by atoms with van der Waals surface area (Å²) in [6, 6.07) is 2.35. The van der Waals surface area contributed by atoms with Crippen LogP contribution in [0, 0.1) is 10.1 Å². The molecule has 0 unspecified atom stereocenters. The topological polar surface area (TPSA) is 98.6 Å². The predicted octanol–water partition coefficient (Wildman–Crippen LogP) is 1.33. The van der Waals surface area contributed by atoms with Crippen molar-refractivity contribution in [2.24, 2.45) is 5.73 Å². The van der Waals surface area contributed by atoms with Crippen LogP contribution in [0.2, 0.25) is 0 Å². The van der Waals surface area contributed by atoms with Gasteiger partial charge in [0.15, 0.2) is 5.75 Å². The van der Waals surface area contributed by atoms with E-state index in [0.717, 1.165) is 0 Å². The second kappa shape index (κ2) is 4.14. The summed E-state index contributed by atoms with van der Waals surface area (Å²) in [7, 11) is 1.32. The van der Waals surface area contributed by atoms with E-state index in [9.17, 15) is 15.2 Å². The summed E-state index contributed by atoms with van der Waals surface area (Å²) >= 11 is 0. The third-order valence-electron chi connectivity index (χ3n) is 2.02. The number of methoxy groups -OCH3 is 1. The van der Waals surface area contributed by atoms with Crippen molar-refractivity contribution in [2.45, 2.75) is 13.0 Å². The number of phenols is 1. The van der Waals surface area contributed by atoms with Crippen LogP contribution in [0.25, 0.3) is 0 Å². The number of hydrogen-bond donors (Lipinski definition) is 2. The van der Waals surface area contributed by atoms with E-state index < -0.39 is 16.4 Å². The van der Waals surface area contributed by atoms with E-state index in [2.05, 4.69) is 0 Å². The van der Waals surface area contributed by atoms with Gasteiger partial charge < -0.3 is 15.6 Å². The average Bonchev–Trinajstić information content (AvgIpc) is 2.17. The first-order chi connectivity index (χ1) is 6.97. The van der Waals surface area contributed by atoms with Crippen LogP contribution in [-0.2, 0) is 0 Å². The summed E-state index contributed by atoms with van der Waals surface area (Å²) in [6.45, 7) is 1.69. The normalized spacial score (nSPS) is 12.2. The number of rotatable bonds is 3. The quantitative estimate of drug-likeness (QED) is 0.581. The highest BCUT2D eigenvalue weighted by Gasteiger charge is 2.20. The molecule has 1 rings (SSSR count). The van der Waals surface area contributed by atoms with E-state index in [4.69, 9.17) is 10.5 Å². The predicted molar refractivity (Wildman–Crippen MR) is 53.9 cm³/mol. The standard InChI is InChI=1S/C9H12N2O4/c1-5(10)6-3-7(11(13)14)9(12)8(4-6)15-2/h3-5,12H,10H2,1-2H3/t5-/m0/s1. The molecule has 6 heteroatoms. The van der Waals surface area contributed by atoms with Gasteiger partial charge in [0.1, 0.15) is 0 Å². The number of benzene rings is 1. The van der Waals surface area contributed by atoms with E-state index in [1.165, 1.54) is 19.2 Å². The molecule has 0 aliphatic heterocycles. The molecule has 0 spiro atoms. The minimum Gasteiger partial charge on any atom is -0.500 e. The average molecular weight is 212 g/mol. The van der Waals surface area contributed by atoms with Gasteiger partial charge in [-0.15, -0.1) is 0 Å². The van der Waals surface area contributed by atoms with Crippen molar-refractivity contribution in [1.29, 1.82) is 0 Å². The molecular weight excluding hydrogens is 200 g/mol. The first-order valence-electron chi connectivity index (χ1n) is 4.28. The van der Waals surface area contributed by atoms with Crippen molar-refractivity contribution in [3.63, 3.8) is 0 Å². The Hall–Kier alpha value is -1.82. The fourth-order valence-corrected chi connectivity index (χ4v) is 1.17. The van der Waals surface area contributed by atoms with Crippen LogP contribution in [0.5, 0.6) is 11.5 Å². The third kappa shape index (κ3) is 2.16. The number of nitrogens with zero attached hydrogens (tertiary/aromatic N) is 1. The highest BCUT2D eigenvalue weighted by atomic mass is 16.6. The van der Waals surface area contributed by atoms with Crippen LogP contribution in [0.1, 0.15) is 18.5 Å². The number of phenolic OH excluding ortho intramolecular Hbond substituents is 1. The van der Waals surface area contributed by atoms with Gasteiger partial charge in [-0.05, 0) is 18.6 Å². The number of ether oxygens (including phenoxy) is 1. The van der Waals surface area contributed by atoms with Crippen LogP contribution in [-0.4, -0.2) is 17.1 Å². The summed E-state index contributed by atoms with van der Waals surface area (Å²) in [4.78, 5) is 9.94. The van der Waals surface area contributed by atoms with Gasteiger partial charge in [0.2, 0.25) is 5.75 Å². The first-order valence-corrected chi connectivity index (χ1v) is 4.28. The van der Waals surface area contributed by atoms with Crippen LogP contribution in [0.4, 0.5) is 5.69 Å². The van der Waals surface area contributed by atoms with Crippen LogP contribution >= 0.6 is 0 Å².